The minimum atomic E-state index is 0.181. The molecular weight excluding hydrogens is 212 g/mol. The van der Waals surface area contributed by atoms with Crippen molar-refractivity contribution in [1.29, 1.82) is 0 Å². The quantitative estimate of drug-likeness (QED) is 0.772. The van der Waals surface area contributed by atoms with Gasteiger partial charge in [-0.1, -0.05) is 27.2 Å². The standard InChI is InChI=1S/C14H26N2O/c1-10-8-15-9-12(10)13(17)16-11-5-4-6-14(2,3)7-11/h10-12,15H,4-9H2,1-3H3,(H,16,17). The van der Waals surface area contributed by atoms with E-state index in [0.717, 1.165) is 25.9 Å². The fourth-order valence-electron chi connectivity index (χ4n) is 3.29. The molecule has 3 unspecified atom stereocenters. The highest BCUT2D eigenvalue weighted by Crippen LogP contribution is 2.35. The van der Waals surface area contributed by atoms with Crippen LogP contribution < -0.4 is 10.6 Å². The molecule has 0 aromatic carbocycles. The van der Waals surface area contributed by atoms with E-state index in [0.29, 0.717) is 17.4 Å². The van der Waals surface area contributed by atoms with Gasteiger partial charge >= 0.3 is 0 Å². The van der Waals surface area contributed by atoms with Gasteiger partial charge in [-0.3, -0.25) is 4.79 Å². The van der Waals surface area contributed by atoms with Gasteiger partial charge in [-0.15, -0.1) is 0 Å². The largest absolute Gasteiger partial charge is 0.353 e. The Hall–Kier alpha value is -0.570. The molecule has 1 saturated carbocycles. The zero-order chi connectivity index (χ0) is 12.5. The smallest absolute Gasteiger partial charge is 0.224 e. The van der Waals surface area contributed by atoms with E-state index < -0.39 is 0 Å². The number of amides is 1. The summed E-state index contributed by atoms with van der Waals surface area (Å²) in [6.07, 6.45) is 4.83. The van der Waals surface area contributed by atoms with Gasteiger partial charge in [0.1, 0.15) is 0 Å². The molecular formula is C14H26N2O. The molecule has 3 atom stereocenters. The van der Waals surface area contributed by atoms with Crippen molar-refractivity contribution in [1.82, 2.24) is 10.6 Å². The fourth-order valence-corrected chi connectivity index (χ4v) is 3.29. The van der Waals surface area contributed by atoms with Crippen LogP contribution in [0.2, 0.25) is 0 Å². The first-order valence-electron chi connectivity index (χ1n) is 6.99. The van der Waals surface area contributed by atoms with Gasteiger partial charge in [0.25, 0.3) is 0 Å². The minimum absolute atomic E-state index is 0.181. The maximum absolute atomic E-state index is 12.2. The SMILES string of the molecule is CC1CNCC1C(=O)NC1CCCC(C)(C)C1. The Labute approximate surface area is 105 Å². The monoisotopic (exact) mass is 238 g/mol. The van der Waals surface area contributed by atoms with Crippen molar-refractivity contribution in [2.75, 3.05) is 13.1 Å². The van der Waals surface area contributed by atoms with Crippen LogP contribution in [0.5, 0.6) is 0 Å². The first-order valence-corrected chi connectivity index (χ1v) is 6.99. The van der Waals surface area contributed by atoms with Crippen molar-refractivity contribution in [3.8, 4) is 0 Å². The third-order valence-corrected chi connectivity index (χ3v) is 4.41. The molecule has 0 aromatic rings. The maximum Gasteiger partial charge on any atom is 0.224 e. The molecule has 3 nitrogen and oxygen atoms in total. The van der Waals surface area contributed by atoms with Crippen LogP contribution in [0.1, 0.15) is 46.5 Å². The molecule has 2 aliphatic rings. The predicted molar refractivity (Wildman–Crippen MR) is 69.7 cm³/mol. The Balaban J connectivity index is 1.86. The second-order valence-corrected chi connectivity index (χ2v) is 6.71. The Bertz CT molecular complexity index is 288. The van der Waals surface area contributed by atoms with Crippen molar-refractivity contribution in [2.24, 2.45) is 17.3 Å². The number of hydrogen-bond acceptors (Lipinski definition) is 2. The molecule has 2 fully saturated rings. The molecule has 1 heterocycles. The van der Waals surface area contributed by atoms with E-state index >= 15 is 0 Å². The third kappa shape index (κ3) is 3.21. The molecule has 17 heavy (non-hydrogen) atoms. The van der Waals surface area contributed by atoms with Gasteiger partial charge in [-0.2, -0.15) is 0 Å². The van der Waals surface area contributed by atoms with E-state index in [-0.39, 0.29) is 11.8 Å². The fraction of sp³-hybridized carbons (Fsp3) is 0.929. The van der Waals surface area contributed by atoms with E-state index in [1.165, 1.54) is 12.8 Å². The van der Waals surface area contributed by atoms with Crippen LogP contribution in [0, 0.1) is 17.3 Å². The highest BCUT2D eigenvalue weighted by Gasteiger charge is 2.33. The molecule has 1 amide bonds. The van der Waals surface area contributed by atoms with Crippen molar-refractivity contribution in [3.63, 3.8) is 0 Å². The van der Waals surface area contributed by atoms with Crippen molar-refractivity contribution in [2.45, 2.75) is 52.5 Å². The van der Waals surface area contributed by atoms with Crippen molar-refractivity contribution >= 4 is 5.91 Å². The topological polar surface area (TPSA) is 41.1 Å². The summed E-state index contributed by atoms with van der Waals surface area (Å²) in [4.78, 5) is 12.2. The Morgan fingerprint density at radius 1 is 1.35 bits per heavy atom. The summed E-state index contributed by atoms with van der Waals surface area (Å²) in [6.45, 7) is 8.61. The van der Waals surface area contributed by atoms with E-state index in [2.05, 4.69) is 31.4 Å². The minimum Gasteiger partial charge on any atom is -0.353 e. The van der Waals surface area contributed by atoms with Crippen molar-refractivity contribution in [3.05, 3.63) is 0 Å². The van der Waals surface area contributed by atoms with Crippen LogP contribution >= 0.6 is 0 Å². The van der Waals surface area contributed by atoms with Crippen LogP contribution in [0.25, 0.3) is 0 Å². The summed E-state index contributed by atoms with van der Waals surface area (Å²) in [6, 6.07) is 0.402. The molecule has 0 bridgehead atoms. The summed E-state index contributed by atoms with van der Waals surface area (Å²) in [5.41, 5.74) is 0.399. The Kier molecular flexibility index (Phi) is 3.76. The predicted octanol–water partition coefficient (Wildman–Crippen LogP) is 1.93. The molecule has 0 aromatic heterocycles. The van der Waals surface area contributed by atoms with E-state index in [9.17, 15) is 4.79 Å². The molecule has 98 valence electrons. The highest BCUT2D eigenvalue weighted by molar-refractivity contribution is 5.79. The molecule has 1 aliphatic heterocycles. The number of rotatable bonds is 2. The summed E-state index contributed by atoms with van der Waals surface area (Å²) < 4.78 is 0. The van der Waals surface area contributed by atoms with E-state index in [1.807, 2.05) is 0 Å². The lowest BCUT2D eigenvalue weighted by Crippen LogP contribution is -2.44. The zero-order valence-electron chi connectivity index (χ0n) is 11.4. The summed E-state index contributed by atoms with van der Waals surface area (Å²) in [5, 5.41) is 6.56. The Morgan fingerprint density at radius 3 is 2.71 bits per heavy atom. The average molecular weight is 238 g/mol. The molecule has 2 rings (SSSR count). The van der Waals surface area contributed by atoms with Crippen LogP contribution in [0.4, 0.5) is 0 Å². The molecule has 1 aliphatic carbocycles. The van der Waals surface area contributed by atoms with Gasteiger partial charge in [0, 0.05) is 12.6 Å². The number of hydrogen-bond donors (Lipinski definition) is 2. The molecule has 0 spiro atoms. The average Bonchev–Trinajstić information content (AvgIpc) is 2.62. The maximum atomic E-state index is 12.2. The van der Waals surface area contributed by atoms with E-state index in [1.54, 1.807) is 0 Å². The normalized spacial score (nSPS) is 36.8. The van der Waals surface area contributed by atoms with Crippen LogP contribution in [-0.4, -0.2) is 25.0 Å². The lowest BCUT2D eigenvalue weighted by Gasteiger charge is -2.36. The van der Waals surface area contributed by atoms with Crippen LogP contribution in [0.3, 0.4) is 0 Å². The lowest BCUT2D eigenvalue weighted by molar-refractivity contribution is -0.126. The highest BCUT2D eigenvalue weighted by atomic mass is 16.2. The third-order valence-electron chi connectivity index (χ3n) is 4.41. The second-order valence-electron chi connectivity index (χ2n) is 6.71. The van der Waals surface area contributed by atoms with E-state index in [4.69, 9.17) is 0 Å². The van der Waals surface area contributed by atoms with Gasteiger partial charge < -0.3 is 10.6 Å². The zero-order valence-corrected chi connectivity index (χ0v) is 11.4. The molecule has 3 heteroatoms. The first kappa shape index (κ1) is 12.9. The first-order chi connectivity index (χ1) is 7.98. The van der Waals surface area contributed by atoms with Gasteiger partial charge in [-0.25, -0.2) is 0 Å². The number of carbonyl (C=O) groups is 1. The van der Waals surface area contributed by atoms with Crippen molar-refractivity contribution < 1.29 is 4.79 Å². The van der Waals surface area contributed by atoms with Gasteiger partial charge in [0.2, 0.25) is 5.91 Å². The van der Waals surface area contributed by atoms with Gasteiger partial charge in [-0.05, 0) is 37.1 Å². The summed E-state index contributed by atoms with van der Waals surface area (Å²) in [5.74, 6) is 0.928. The van der Waals surface area contributed by atoms with Gasteiger partial charge in [0.15, 0.2) is 0 Å². The summed E-state index contributed by atoms with van der Waals surface area (Å²) >= 11 is 0. The molecule has 1 saturated heterocycles. The number of carbonyl (C=O) groups excluding carboxylic acids is 1. The Morgan fingerprint density at radius 2 is 2.12 bits per heavy atom. The lowest BCUT2D eigenvalue weighted by atomic mass is 9.75. The van der Waals surface area contributed by atoms with Gasteiger partial charge in [0.05, 0.1) is 5.92 Å². The molecule has 2 N–H and O–H groups in total. The van der Waals surface area contributed by atoms with Crippen LogP contribution in [0.15, 0.2) is 0 Å². The number of nitrogens with one attached hydrogen (secondary N) is 2. The summed E-state index contributed by atoms with van der Waals surface area (Å²) in [7, 11) is 0. The second kappa shape index (κ2) is 4.97. The molecule has 0 radical (unpaired) electrons. The van der Waals surface area contributed by atoms with Crippen LogP contribution in [-0.2, 0) is 4.79 Å².